The van der Waals surface area contributed by atoms with Crippen LogP contribution < -0.4 is 18.9 Å². The molecular weight excluding hydrogens is 943 g/mol. The third-order valence-electron chi connectivity index (χ3n) is 12.4. The van der Waals surface area contributed by atoms with Gasteiger partial charge in [0.1, 0.15) is 0 Å². The van der Waals surface area contributed by atoms with Crippen LogP contribution in [0.3, 0.4) is 0 Å². The molecule has 0 fully saturated rings. The molecule has 8 rings (SSSR count). The predicted octanol–water partition coefficient (Wildman–Crippen LogP) is 14.8. The standard InChI is InChI=1S/C56H62NO4.Ir/c1-5-9-17-30-58-52-36-45-46-37-53(59-31-18-10-6-2)55(61-33-20-12-8-4)39-50(46)56(49(45)38-54(52)60-32-19-11-7-3)47-25-14-13-24-43(47)44-35-41(27-28-48(44)56)40-22-21-23-42(34-40)51-26-15-16-29-57-51;/h13-16,21-22,24-29,34-39H,5-12,17-20,30-33H2,1-4H3;/q-1;. The number of hydrogen-bond donors (Lipinski definition) is 0. The number of benzene rings is 5. The Kier molecular flexibility index (Phi) is 15.6. The van der Waals surface area contributed by atoms with Gasteiger partial charge >= 0.3 is 0 Å². The SMILES string of the molecule is CCCCCOc1cc2c(cc1OCCCCC)C1(c3ccccc3-c3cc(-c4cc[c-]c(-c5ccccn5)c4)ccc31)c1cc(OCCCCC)c(OCCCCC)cc1-2.[Ir]. The zero-order valence-corrected chi connectivity index (χ0v) is 39.5. The van der Waals surface area contributed by atoms with Gasteiger partial charge in [-0.25, -0.2) is 0 Å². The zero-order valence-electron chi connectivity index (χ0n) is 37.1. The summed E-state index contributed by atoms with van der Waals surface area (Å²) in [7, 11) is 0. The molecule has 0 saturated heterocycles. The van der Waals surface area contributed by atoms with Crippen LogP contribution in [0.5, 0.6) is 23.0 Å². The van der Waals surface area contributed by atoms with Crippen molar-refractivity contribution in [1.82, 2.24) is 4.98 Å². The van der Waals surface area contributed by atoms with E-state index in [-0.39, 0.29) is 20.1 Å². The second-order valence-corrected chi connectivity index (χ2v) is 16.7. The third kappa shape index (κ3) is 9.10. The van der Waals surface area contributed by atoms with Crippen LogP contribution in [-0.4, -0.2) is 31.4 Å². The van der Waals surface area contributed by atoms with Crippen LogP contribution in [0.2, 0.25) is 0 Å². The molecule has 0 atom stereocenters. The normalized spacial score (nSPS) is 12.6. The molecule has 0 saturated carbocycles. The van der Waals surface area contributed by atoms with Crippen molar-refractivity contribution in [1.29, 1.82) is 0 Å². The van der Waals surface area contributed by atoms with Crippen LogP contribution in [0.25, 0.3) is 44.6 Å². The fourth-order valence-corrected chi connectivity index (χ4v) is 9.28. The Labute approximate surface area is 384 Å². The minimum absolute atomic E-state index is 0. The third-order valence-corrected chi connectivity index (χ3v) is 12.4. The molecule has 6 aromatic rings. The number of ether oxygens (including phenoxy) is 4. The number of rotatable bonds is 22. The van der Waals surface area contributed by atoms with Gasteiger partial charge in [0.25, 0.3) is 0 Å². The summed E-state index contributed by atoms with van der Waals surface area (Å²) in [4.78, 5) is 4.62. The predicted molar refractivity (Wildman–Crippen MR) is 250 cm³/mol. The molecule has 5 aromatic carbocycles. The van der Waals surface area contributed by atoms with E-state index in [1.165, 1.54) is 33.4 Å². The van der Waals surface area contributed by atoms with Gasteiger partial charge in [-0.15, -0.1) is 35.4 Å². The van der Waals surface area contributed by atoms with Crippen molar-refractivity contribution in [2.75, 3.05) is 26.4 Å². The minimum Gasteiger partial charge on any atom is -0.490 e. The van der Waals surface area contributed by atoms with Crippen LogP contribution >= 0.6 is 0 Å². The van der Waals surface area contributed by atoms with E-state index in [0.29, 0.717) is 26.4 Å². The quantitative estimate of drug-likeness (QED) is 0.0500. The molecule has 62 heavy (non-hydrogen) atoms. The number of hydrogen-bond acceptors (Lipinski definition) is 5. The van der Waals surface area contributed by atoms with E-state index in [0.717, 1.165) is 134 Å². The fraction of sp³-hybridized carbons (Fsp3) is 0.375. The van der Waals surface area contributed by atoms with Gasteiger partial charge in [-0.3, -0.25) is 0 Å². The summed E-state index contributed by atoms with van der Waals surface area (Å²) in [6, 6.07) is 41.0. The molecule has 1 spiro atoms. The summed E-state index contributed by atoms with van der Waals surface area (Å²) >= 11 is 0. The molecule has 1 radical (unpaired) electrons. The van der Waals surface area contributed by atoms with E-state index >= 15 is 0 Å². The van der Waals surface area contributed by atoms with Gasteiger partial charge in [-0.1, -0.05) is 128 Å². The van der Waals surface area contributed by atoms with Crippen molar-refractivity contribution in [2.45, 2.75) is 110 Å². The minimum atomic E-state index is -0.622. The van der Waals surface area contributed by atoms with E-state index in [2.05, 4.69) is 118 Å². The summed E-state index contributed by atoms with van der Waals surface area (Å²) < 4.78 is 26.8. The molecule has 1 heterocycles. The molecule has 6 heteroatoms. The van der Waals surface area contributed by atoms with Gasteiger partial charge in [0.15, 0.2) is 23.0 Å². The van der Waals surface area contributed by atoms with Gasteiger partial charge < -0.3 is 23.9 Å². The van der Waals surface area contributed by atoms with Gasteiger partial charge in [0.05, 0.1) is 31.8 Å². The van der Waals surface area contributed by atoms with Crippen LogP contribution in [0.4, 0.5) is 0 Å². The summed E-state index contributed by atoms with van der Waals surface area (Å²) in [5.74, 6) is 3.25. The summed E-state index contributed by atoms with van der Waals surface area (Å²) in [6.07, 6.45) is 14.9. The van der Waals surface area contributed by atoms with Crippen LogP contribution in [0, 0.1) is 6.07 Å². The van der Waals surface area contributed by atoms with Crippen molar-refractivity contribution in [3.05, 3.63) is 138 Å². The smallest absolute Gasteiger partial charge is 0.161 e. The number of unbranched alkanes of at least 4 members (excludes halogenated alkanes) is 8. The van der Waals surface area contributed by atoms with Crippen LogP contribution in [-0.2, 0) is 25.5 Å². The van der Waals surface area contributed by atoms with Gasteiger partial charge in [0.2, 0.25) is 0 Å². The molecule has 0 N–H and O–H groups in total. The van der Waals surface area contributed by atoms with E-state index in [1.807, 2.05) is 30.5 Å². The first kappa shape index (κ1) is 45.1. The molecule has 2 aliphatic rings. The number of pyridine rings is 1. The van der Waals surface area contributed by atoms with E-state index in [4.69, 9.17) is 18.9 Å². The van der Waals surface area contributed by atoms with Gasteiger partial charge in [0, 0.05) is 26.3 Å². The van der Waals surface area contributed by atoms with Crippen molar-refractivity contribution in [2.24, 2.45) is 0 Å². The molecule has 0 unspecified atom stereocenters. The second kappa shape index (κ2) is 21.5. The Hall–Kier alpha value is -4.90. The Morgan fingerprint density at radius 1 is 0.452 bits per heavy atom. The summed E-state index contributed by atoms with van der Waals surface area (Å²) in [6.45, 7) is 11.5. The molecule has 5 nitrogen and oxygen atoms in total. The maximum Gasteiger partial charge on any atom is 0.161 e. The molecule has 1 aromatic heterocycles. The van der Waals surface area contributed by atoms with E-state index < -0.39 is 5.41 Å². The molecule has 325 valence electrons. The molecule has 0 aliphatic heterocycles. The summed E-state index contributed by atoms with van der Waals surface area (Å²) in [5, 5.41) is 0. The largest absolute Gasteiger partial charge is 0.490 e. The Morgan fingerprint density at radius 3 is 1.47 bits per heavy atom. The van der Waals surface area contributed by atoms with Crippen molar-refractivity contribution in [3.8, 4) is 67.6 Å². The van der Waals surface area contributed by atoms with Gasteiger partial charge in [-0.2, -0.15) is 0 Å². The molecule has 0 amide bonds. The first-order valence-electron chi connectivity index (χ1n) is 23.2. The van der Waals surface area contributed by atoms with Gasteiger partial charge in [-0.05, 0) is 118 Å². The Bertz CT molecular complexity index is 2330. The Balaban J connectivity index is 0.00000578. The number of nitrogens with zero attached hydrogens (tertiary/aromatic N) is 1. The van der Waals surface area contributed by atoms with Crippen molar-refractivity contribution in [3.63, 3.8) is 0 Å². The average Bonchev–Trinajstić information content (AvgIpc) is 3.75. The zero-order chi connectivity index (χ0) is 42.0. The summed E-state index contributed by atoms with van der Waals surface area (Å²) in [5.41, 5.74) is 13.3. The number of aromatic nitrogens is 1. The maximum atomic E-state index is 6.74. The second-order valence-electron chi connectivity index (χ2n) is 16.7. The topological polar surface area (TPSA) is 49.8 Å². The average molecular weight is 1010 g/mol. The molecule has 2 aliphatic carbocycles. The van der Waals surface area contributed by atoms with Crippen LogP contribution in [0.1, 0.15) is 127 Å². The molecular formula is C56H62IrNO4-. The first-order valence-corrected chi connectivity index (χ1v) is 23.2. The van der Waals surface area contributed by atoms with Crippen LogP contribution in [0.15, 0.2) is 109 Å². The fourth-order valence-electron chi connectivity index (χ4n) is 9.28. The molecule has 0 bridgehead atoms. The van der Waals surface area contributed by atoms with Crippen molar-refractivity contribution >= 4 is 0 Å². The maximum absolute atomic E-state index is 6.74. The number of fused-ring (bicyclic) bond motifs is 10. The van der Waals surface area contributed by atoms with Crippen molar-refractivity contribution < 1.29 is 39.1 Å². The first-order chi connectivity index (χ1) is 30.1. The van der Waals surface area contributed by atoms with E-state index in [9.17, 15) is 0 Å². The Morgan fingerprint density at radius 2 is 0.935 bits per heavy atom. The van der Waals surface area contributed by atoms with E-state index in [1.54, 1.807) is 0 Å². The monoisotopic (exact) mass is 1010 g/mol.